The van der Waals surface area contributed by atoms with Crippen molar-refractivity contribution in [1.29, 1.82) is 0 Å². The average molecular weight is 338 g/mol. The molecule has 0 amide bonds. The Labute approximate surface area is 151 Å². The zero-order valence-electron chi connectivity index (χ0n) is 15.5. The molecule has 1 aromatic carbocycles. The van der Waals surface area contributed by atoms with Crippen LogP contribution >= 0.6 is 0 Å². The minimum Gasteiger partial charge on any atom is -0.312 e. The molecule has 4 rings (SSSR count). The summed E-state index contributed by atoms with van der Waals surface area (Å²) in [6, 6.07) is 11.3. The highest BCUT2D eigenvalue weighted by Gasteiger charge is 2.34. The Kier molecular flexibility index (Phi) is 4.91. The fraction of sp³-hybridized carbons (Fsp3) is 0.571. The molecule has 1 aliphatic carbocycles. The van der Waals surface area contributed by atoms with Gasteiger partial charge < -0.3 is 10.2 Å². The molecular weight excluding hydrogens is 308 g/mol. The highest BCUT2D eigenvalue weighted by molar-refractivity contribution is 5.33. The zero-order chi connectivity index (χ0) is 17.2. The molecule has 25 heavy (non-hydrogen) atoms. The molecule has 1 atom stereocenters. The molecule has 2 fully saturated rings. The predicted molar refractivity (Wildman–Crippen MR) is 102 cm³/mol. The maximum atomic E-state index is 4.84. The molecule has 1 aromatic heterocycles. The molecule has 4 heteroatoms. The quantitative estimate of drug-likeness (QED) is 0.838. The van der Waals surface area contributed by atoms with Gasteiger partial charge in [0.25, 0.3) is 0 Å². The van der Waals surface area contributed by atoms with E-state index in [4.69, 9.17) is 5.10 Å². The first kappa shape index (κ1) is 16.8. The number of likely N-dealkylation sites (tertiary alicyclic amines) is 1. The van der Waals surface area contributed by atoms with E-state index in [1.165, 1.54) is 43.6 Å². The largest absolute Gasteiger partial charge is 0.312 e. The van der Waals surface area contributed by atoms with Gasteiger partial charge in [0.15, 0.2) is 0 Å². The van der Waals surface area contributed by atoms with Crippen LogP contribution in [-0.2, 0) is 6.54 Å². The van der Waals surface area contributed by atoms with Crippen LogP contribution in [0.15, 0.2) is 36.5 Å². The maximum absolute atomic E-state index is 4.84. The van der Waals surface area contributed by atoms with E-state index in [1.54, 1.807) is 0 Å². The van der Waals surface area contributed by atoms with Gasteiger partial charge in [-0.15, -0.1) is 0 Å². The van der Waals surface area contributed by atoms with E-state index in [9.17, 15) is 0 Å². The van der Waals surface area contributed by atoms with E-state index in [-0.39, 0.29) is 0 Å². The van der Waals surface area contributed by atoms with Gasteiger partial charge in [-0.3, -0.25) is 0 Å². The third-order valence-corrected chi connectivity index (χ3v) is 5.52. The molecule has 1 aliphatic heterocycles. The first-order valence-electron chi connectivity index (χ1n) is 9.79. The first-order chi connectivity index (χ1) is 12.2. The number of aromatic nitrogens is 2. The fourth-order valence-corrected chi connectivity index (χ4v) is 3.97. The van der Waals surface area contributed by atoms with Gasteiger partial charge >= 0.3 is 0 Å². The van der Waals surface area contributed by atoms with Gasteiger partial charge in [0, 0.05) is 30.9 Å². The lowest BCUT2D eigenvalue weighted by atomic mass is 10.1. The fourth-order valence-electron chi connectivity index (χ4n) is 3.97. The minimum atomic E-state index is 0.443. The number of hydrogen-bond acceptors (Lipinski definition) is 3. The van der Waals surface area contributed by atoms with E-state index >= 15 is 0 Å². The molecule has 1 N–H and O–H groups in total. The van der Waals surface area contributed by atoms with E-state index in [0.29, 0.717) is 5.92 Å². The van der Waals surface area contributed by atoms with Crippen LogP contribution < -0.4 is 5.32 Å². The van der Waals surface area contributed by atoms with Crippen LogP contribution in [0.1, 0.15) is 50.3 Å². The summed E-state index contributed by atoms with van der Waals surface area (Å²) in [5.74, 6) is 1.26. The zero-order valence-corrected chi connectivity index (χ0v) is 15.5. The summed E-state index contributed by atoms with van der Waals surface area (Å²) in [4.78, 5) is 2.69. The Morgan fingerprint density at radius 1 is 1.16 bits per heavy atom. The third-order valence-electron chi connectivity index (χ3n) is 5.52. The molecule has 0 bridgehead atoms. The number of benzene rings is 1. The predicted octanol–water partition coefficient (Wildman–Crippen LogP) is 3.57. The second-order valence-corrected chi connectivity index (χ2v) is 7.99. The van der Waals surface area contributed by atoms with Crippen molar-refractivity contribution < 1.29 is 0 Å². The lowest BCUT2D eigenvalue weighted by Crippen LogP contribution is -2.27. The van der Waals surface area contributed by atoms with Gasteiger partial charge in [-0.25, -0.2) is 4.68 Å². The Bertz CT molecular complexity index is 687. The Balaban J connectivity index is 1.37. The number of nitrogens with one attached hydrogen (secondary N) is 1. The van der Waals surface area contributed by atoms with Gasteiger partial charge in [-0.05, 0) is 56.3 Å². The summed E-state index contributed by atoms with van der Waals surface area (Å²) in [6.07, 6.45) is 6.40. The molecule has 1 saturated heterocycles. The summed E-state index contributed by atoms with van der Waals surface area (Å²) in [6.45, 7) is 9.09. The van der Waals surface area contributed by atoms with Crippen LogP contribution in [0.5, 0.6) is 0 Å². The van der Waals surface area contributed by atoms with Gasteiger partial charge in [-0.2, -0.15) is 5.10 Å². The standard InChI is InChI=1S/C21H30N4/c1-16(2)21-18(15-25(23-21)20-6-4-3-5-7-20)13-22-12-17-10-11-24(14-17)19-8-9-19/h3-7,15-17,19,22H,8-14H2,1-2H3. The lowest BCUT2D eigenvalue weighted by Gasteiger charge is -2.15. The molecule has 2 aliphatic rings. The van der Waals surface area contributed by atoms with Gasteiger partial charge in [0.2, 0.25) is 0 Å². The van der Waals surface area contributed by atoms with Crippen LogP contribution in [0.2, 0.25) is 0 Å². The topological polar surface area (TPSA) is 33.1 Å². The van der Waals surface area contributed by atoms with Gasteiger partial charge in [-0.1, -0.05) is 32.0 Å². The summed E-state index contributed by atoms with van der Waals surface area (Å²) in [7, 11) is 0. The van der Waals surface area contributed by atoms with Crippen molar-refractivity contribution in [2.75, 3.05) is 19.6 Å². The van der Waals surface area contributed by atoms with Crippen molar-refractivity contribution in [2.45, 2.75) is 51.6 Å². The molecule has 1 saturated carbocycles. The summed E-state index contributed by atoms with van der Waals surface area (Å²) in [5, 5.41) is 8.55. The third kappa shape index (κ3) is 3.96. The van der Waals surface area contributed by atoms with Crippen molar-refractivity contribution >= 4 is 0 Å². The summed E-state index contributed by atoms with van der Waals surface area (Å²) < 4.78 is 2.02. The SMILES string of the molecule is CC(C)c1nn(-c2ccccc2)cc1CNCC1CCN(C2CC2)C1. The molecule has 1 unspecified atom stereocenters. The molecular formula is C21H30N4. The van der Waals surface area contributed by atoms with Crippen LogP contribution in [0.3, 0.4) is 0 Å². The van der Waals surface area contributed by atoms with E-state index in [1.807, 2.05) is 10.7 Å². The van der Waals surface area contributed by atoms with E-state index in [0.717, 1.165) is 30.7 Å². The van der Waals surface area contributed by atoms with Crippen LogP contribution in [0, 0.1) is 5.92 Å². The smallest absolute Gasteiger partial charge is 0.0699 e. The van der Waals surface area contributed by atoms with Crippen molar-refractivity contribution in [3.63, 3.8) is 0 Å². The molecule has 4 nitrogen and oxygen atoms in total. The molecule has 0 radical (unpaired) electrons. The summed E-state index contributed by atoms with van der Waals surface area (Å²) in [5.41, 5.74) is 3.67. The number of hydrogen-bond donors (Lipinski definition) is 1. The second kappa shape index (κ2) is 7.30. The highest BCUT2D eigenvalue weighted by Crippen LogP contribution is 2.31. The average Bonchev–Trinajstić information content (AvgIpc) is 3.21. The lowest BCUT2D eigenvalue weighted by molar-refractivity contribution is 0.312. The minimum absolute atomic E-state index is 0.443. The van der Waals surface area contributed by atoms with Gasteiger partial charge in [0.1, 0.15) is 0 Å². The van der Waals surface area contributed by atoms with Crippen molar-refractivity contribution in [3.05, 3.63) is 47.8 Å². The van der Waals surface area contributed by atoms with Crippen LogP contribution in [0.25, 0.3) is 5.69 Å². The van der Waals surface area contributed by atoms with Crippen molar-refractivity contribution in [1.82, 2.24) is 20.0 Å². The van der Waals surface area contributed by atoms with Crippen molar-refractivity contribution in [3.8, 4) is 5.69 Å². The monoisotopic (exact) mass is 338 g/mol. The maximum Gasteiger partial charge on any atom is 0.0699 e. The normalized spacial score (nSPS) is 21.3. The molecule has 2 aromatic rings. The first-order valence-corrected chi connectivity index (χ1v) is 9.79. The van der Waals surface area contributed by atoms with Crippen LogP contribution in [0.4, 0.5) is 0 Å². The second-order valence-electron chi connectivity index (χ2n) is 7.99. The van der Waals surface area contributed by atoms with Crippen LogP contribution in [-0.4, -0.2) is 40.4 Å². The van der Waals surface area contributed by atoms with Crippen molar-refractivity contribution in [2.24, 2.45) is 5.92 Å². The molecule has 2 heterocycles. The molecule has 134 valence electrons. The number of nitrogens with zero attached hydrogens (tertiary/aromatic N) is 3. The number of rotatable bonds is 7. The number of para-hydroxylation sites is 1. The summed E-state index contributed by atoms with van der Waals surface area (Å²) >= 11 is 0. The Morgan fingerprint density at radius 2 is 1.96 bits per heavy atom. The Morgan fingerprint density at radius 3 is 2.68 bits per heavy atom. The van der Waals surface area contributed by atoms with Gasteiger partial charge in [0.05, 0.1) is 11.4 Å². The van der Waals surface area contributed by atoms with E-state index < -0.39 is 0 Å². The Hall–Kier alpha value is -1.65. The highest BCUT2D eigenvalue weighted by atomic mass is 15.3. The van der Waals surface area contributed by atoms with E-state index in [2.05, 4.69) is 54.5 Å². The molecule has 0 spiro atoms.